The number of aromatic amines is 1. The second kappa shape index (κ2) is 4.06. The van der Waals surface area contributed by atoms with Crippen molar-refractivity contribution in [3.63, 3.8) is 0 Å². The van der Waals surface area contributed by atoms with Crippen molar-refractivity contribution in [2.24, 2.45) is 0 Å². The summed E-state index contributed by atoms with van der Waals surface area (Å²) < 4.78 is 18.6. The van der Waals surface area contributed by atoms with Crippen molar-refractivity contribution >= 4 is 11.2 Å². The molecule has 90 valence electrons. The van der Waals surface area contributed by atoms with Crippen LogP contribution in [0.15, 0.2) is 30.9 Å². The Morgan fingerprint density at radius 3 is 2.94 bits per heavy atom. The molecule has 0 bridgehead atoms. The molecule has 6 heteroatoms. The van der Waals surface area contributed by atoms with E-state index in [1.807, 2.05) is 0 Å². The highest BCUT2D eigenvalue weighted by atomic mass is 19.1. The SMILES string of the molecule is COc1ccc(F)cc1-c1ncnc2nc[nH]c12. The van der Waals surface area contributed by atoms with Crippen LogP contribution >= 0.6 is 0 Å². The average molecular weight is 244 g/mol. The molecular weight excluding hydrogens is 235 g/mol. The molecule has 2 heterocycles. The first-order valence-corrected chi connectivity index (χ1v) is 5.27. The minimum atomic E-state index is -0.350. The molecule has 2 aromatic heterocycles. The zero-order valence-corrected chi connectivity index (χ0v) is 9.51. The first-order valence-electron chi connectivity index (χ1n) is 5.27. The average Bonchev–Trinajstić information content (AvgIpc) is 2.86. The highest BCUT2D eigenvalue weighted by molar-refractivity contribution is 5.88. The lowest BCUT2D eigenvalue weighted by Gasteiger charge is -2.08. The van der Waals surface area contributed by atoms with Gasteiger partial charge in [-0.25, -0.2) is 19.3 Å². The van der Waals surface area contributed by atoms with Gasteiger partial charge in [0.2, 0.25) is 0 Å². The van der Waals surface area contributed by atoms with E-state index >= 15 is 0 Å². The van der Waals surface area contributed by atoms with Crippen molar-refractivity contribution < 1.29 is 9.13 Å². The molecule has 0 aliphatic carbocycles. The number of nitrogens with one attached hydrogen (secondary N) is 1. The lowest BCUT2D eigenvalue weighted by Crippen LogP contribution is -1.93. The third kappa shape index (κ3) is 1.58. The van der Waals surface area contributed by atoms with Crippen LogP contribution in [0.1, 0.15) is 0 Å². The molecular formula is C12H9FN4O. The summed E-state index contributed by atoms with van der Waals surface area (Å²) in [5.41, 5.74) is 2.32. The van der Waals surface area contributed by atoms with Crippen LogP contribution in [0, 0.1) is 5.82 Å². The van der Waals surface area contributed by atoms with Gasteiger partial charge in [0, 0.05) is 5.56 Å². The van der Waals surface area contributed by atoms with Gasteiger partial charge in [-0.2, -0.15) is 0 Å². The van der Waals surface area contributed by atoms with Gasteiger partial charge in [0.25, 0.3) is 0 Å². The standard InChI is InChI=1S/C12H9FN4O/c1-18-9-3-2-7(13)4-8(9)10-11-12(16-5-14-10)17-6-15-11/h2-6H,1H3,(H,14,15,16,17). The number of methoxy groups -OCH3 is 1. The Labute approximate surface area is 102 Å². The van der Waals surface area contributed by atoms with Crippen molar-refractivity contribution in [2.75, 3.05) is 7.11 Å². The zero-order valence-electron chi connectivity index (χ0n) is 9.51. The van der Waals surface area contributed by atoms with Crippen LogP contribution in [0.25, 0.3) is 22.4 Å². The second-order valence-electron chi connectivity index (χ2n) is 3.67. The fourth-order valence-corrected chi connectivity index (χ4v) is 1.83. The number of halogens is 1. The van der Waals surface area contributed by atoms with E-state index in [-0.39, 0.29) is 5.82 Å². The van der Waals surface area contributed by atoms with Gasteiger partial charge in [-0.05, 0) is 18.2 Å². The second-order valence-corrected chi connectivity index (χ2v) is 3.67. The number of hydrogen-bond acceptors (Lipinski definition) is 4. The van der Waals surface area contributed by atoms with Crippen LogP contribution < -0.4 is 4.74 Å². The number of rotatable bonds is 2. The molecule has 0 saturated carbocycles. The monoisotopic (exact) mass is 244 g/mol. The summed E-state index contributed by atoms with van der Waals surface area (Å²) in [6.07, 6.45) is 2.91. The number of ether oxygens (including phenoxy) is 1. The summed E-state index contributed by atoms with van der Waals surface area (Å²) in [4.78, 5) is 15.2. The van der Waals surface area contributed by atoms with Crippen LogP contribution in [0.4, 0.5) is 4.39 Å². The molecule has 0 radical (unpaired) electrons. The van der Waals surface area contributed by atoms with Gasteiger partial charge in [0.05, 0.1) is 13.4 Å². The van der Waals surface area contributed by atoms with Gasteiger partial charge in [0.1, 0.15) is 29.1 Å². The molecule has 0 fully saturated rings. The van der Waals surface area contributed by atoms with Crippen molar-refractivity contribution in [1.82, 2.24) is 19.9 Å². The van der Waals surface area contributed by atoms with E-state index in [0.29, 0.717) is 28.2 Å². The Morgan fingerprint density at radius 2 is 2.11 bits per heavy atom. The summed E-state index contributed by atoms with van der Waals surface area (Å²) >= 11 is 0. The third-order valence-corrected chi connectivity index (χ3v) is 2.64. The predicted molar refractivity (Wildman–Crippen MR) is 63.6 cm³/mol. The van der Waals surface area contributed by atoms with Gasteiger partial charge in [-0.15, -0.1) is 0 Å². The Bertz CT molecular complexity index is 710. The quantitative estimate of drug-likeness (QED) is 0.750. The highest BCUT2D eigenvalue weighted by Gasteiger charge is 2.13. The summed E-state index contributed by atoms with van der Waals surface area (Å²) in [5.74, 6) is 0.197. The summed E-state index contributed by atoms with van der Waals surface area (Å²) in [6.45, 7) is 0. The molecule has 0 amide bonds. The number of hydrogen-bond donors (Lipinski definition) is 1. The fraction of sp³-hybridized carbons (Fsp3) is 0.0833. The van der Waals surface area contributed by atoms with Crippen LogP contribution in [-0.2, 0) is 0 Å². The van der Waals surface area contributed by atoms with Gasteiger partial charge < -0.3 is 9.72 Å². The van der Waals surface area contributed by atoms with Crippen molar-refractivity contribution in [1.29, 1.82) is 0 Å². The van der Waals surface area contributed by atoms with Crippen molar-refractivity contribution in [3.05, 3.63) is 36.7 Å². The molecule has 18 heavy (non-hydrogen) atoms. The zero-order chi connectivity index (χ0) is 12.5. The maximum absolute atomic E-state index is 13.4. The molecule has 5 nitrogen and oxygen atoms in total. The Morgan fingerprint density at radius 1 is 1.22 bits per heavy atom. The first kappa shape index (κ1) is 10.6. The highest BCUT2D eigenvalue weighted by Crippen LogP contribution is 2.31. The fourth-order valence-electron chi connectivity index (χ4n) is 1.83. The van der Waals surface area contributed by atoms with E-state index in [1.54, 1.807) is 6.07 Å². The van der Waals surface area contributed by atoms with Gasteiger partial charge in [-0.1, -0.05) is 0 Å². The molecule has 0 spiro atoms. The number of aromatic nitrogens is 4. The van der Waals surface area contributed by atoms with E-state index in [0.717, 1.165) is 0 Å². The lowest BCUT2D eigenvalue weighted by molar-refractivity contribution is 0.415. The van der Waals surface area contributed by atoms with E-state index < -0.39 is 0 Å². The summed E-state index contributed by atoms with van der Waals surface area (Å²) in [5, 5.41) is 0. The Balaban J connectivity index is 2.31. The normalized spacial score (nSPS) is 10.8. The van der Waals surface area contributed by atoms with E-state index in [1.165, 1.54) is 31.9 Å². The van der Waals surface area contributed by atoms with Gasteiger partial charge >= 0.3 is 0 Å². The maximum Gasteiger partial charge on any atom is 0.181 e. The number of nitrogens with zero attached hydrogens (tertiary/aromatic N) is 3. The largest absolute Gasteiger partial charge is 0.496 e. The number of imidazole rings is 1. The molecule has 1 N–H and O–H groups in total. The third-order valence-electron chi connectivity index (χ3n) is 2.64. The number of H-pyrrole nitrogens is 1. The smallest absolute Gasteiger partial charge is 0.181 e. The van der Waals surface area contributed by atoms with Crippen LogP contribution in [-0.4, -0.2) is 27.0 Å². The molecule has 0 aliphatic rings. The lowest BCUT2D eigenvalue weighted by atomic mass is 10.1. The Kier molecular flexibility index (Phi) is 2.40. The van der Waals surface area contributed by atoms with Crippen molar-refractivity contribution in [2.45, 2.75) is 0 Å². The maximum atomic E-state index is 13.4. The van der Waals surface area contributed by atoms with E-state index in [2.05, 4.69) is 19.9 Å². The summed E-state index contributed by atoms with van der Waals surface area (Å²) in [7, 11) is 1.53. The van der Waals surface area contributed by atoms with E-state index in [9.17, 15) is 4.39 Å². The minimum Gasteiger partial charge on any atom is -0.496 e. The van der Waals surface area contributed by atoms with Crippen LogP contribution in [0.5, 0.6) is 5.75 Å². The van der Waals surface area contributed by atoms with Crippen LogP contribution in [0.3, 0.4) is 0 Å². The minimum absolute atomic E-state index is 0.350. The molecule has 0 saturated heterocycles. The van der Waals surface area contributed by atoms with Gasteiger partial charge in [0.15, 0.2) is 5.65 Å². The first-order chi connectivity index (χ1) is 8.79. The topological polar surface area (TPSA) is 63.7 Å². The van der Waals surface area contributed by atoms with E-state index in [4.69, 9.17) is 4.74 Å². The molecule has 0 atom stereocenters. The summed E-state index contributed by atoms with van der Waals surface area (Å²) in [6, 6.07) is 4.28. The molecule has 0 aliphatic heterocycles. The Hall–Kier alpha value is -2.50. The van der Waals surface area contributed by atoms with Crippen molar-refractivity contribution in [3.8, 4) is 17.0 Å². The molecule has 3 rings (SSSR count). The van der Waals surface area contributed by atoms with Gasteiger partial charge in [-0.3, -0.25) is 0 Å². The molecule has 0 unspecified atom stereocenters. The van der Waals surface area contributed by atoms with Crippen LogP contribution in [0.2, 0.25) is 0 Å². The number of fused-ring (bicyclic) bond motifs is 1. The molecule has 3 aromatic rings. The predicted octanol–water partition coefficient (Wildman–Crippen LogP) is 2.17. The molecule has 1 aromatic carbocycles. The number of benzene rings is 1.